The van der Waals surface area contributed by atoms with Crippen LogP contribution in [0.5, 0.6) is 5.75 Å². The Morgan fingerprint density at radius 1 is 1.29 bits per heavy atom. The molecule has 118 valence electrons. The summed E-state index contributed by atoms with van der Waals surface area (Å²) >= 11 is 0. The Morgan fingerprint density at radius 2 is 2.14 bits per heavy atom. The minimum Gasteiger partial charge on any atom is -0.497 e. The zero-order valence-electron chi connectivity index (χ0n) is 13.9. The molecule has 1 N–H and O–H groups in total. The van der Waals surface area contributed by atoms with Gasteiger partial charge in [0.2, 0.25) is 0 Å². The van der Waals surface area contributed by atoms with Gasteiger partial charge in [-0.3, -0.25) is 0 Å². The first-order valence-corrected chi connectivity index (χ1v) is 8.65. The van der Waals surface area contributed by atoms with E-state index in [9.17, 15) is 0 Å². The standard InChI is InChI=1S/C19H31NO/c1-4-12-20-19(16-9-6-8-15(5-2)13-16)17-10-7-11-18(14-17)21-3/h7,10-11,14-16,19-20H,4-6,8-9,12-13H2,1-3H3. The van der Waals surface area contributed by atoms with Gasteiger partial charge in [-0.15, -0.1) is 0 Å². The minimum atomic E-state index is 0.481. The van der Waals surface area contributed by atoms with Crippen molar-refractivity contribution in [1.82, 2.24) is 5.32 Å². The average Bonchev–Trinajstić information content (AvgIpc) is 2.55. The fourth-order valence-corrected chi connectivity index (χ4v) is 3.70. The number of hydrogen-bond donors (Lipinski definition) is 1. The SMILES string of the molecule is CCCNC(c1cccc(OC)c1)C1CCCC(CC)C1. The molecule has 2 rings (SSSR count). The van der Waals surface area contributed by atoms with Gasteiger partial charge >= 0.3 is 0 Å². The summed E-state index contributed by atoms with van der Waals surface area (Å²) in [5, 5.41) is 3.80. The van der Waals surface area contributed by atoms with Crippen LogP contribution in [-0.4, -0.2) is 13.7 Å². The van der Waals surface area contributed by atoms with Gasteiger partial charge in [0.15, 0.2) is 0 Å². The number of hydrogen-bond acceptors (Lipinski definition) is 2. The zero-order valence-corrected chi connectivity index (χ0v) is 13.9. The van der Waals surface area contributed by atoms with Crippen molar-refractivity contribution >= 4 is 0 Å². The number of rotatable bonds is 7. The minimum absolute atomic E-state index is 0.481. The molecular weight excluding hydrogens is 258 g/mol. The van der Waals surface area contributed by atoms with E-state index in [-0.39, 0.29) is 0 Å². The molecule has 0 spiro atoms. The van der Waals surface area contributed by atoms with Gasteiger partial charge in [0.1, 0.15) is 5.75 Å². The normalized spacial score (nSPS) is 23.8. The second kappa shape index (κ2) is 8.43. The van der Waals surface area contributed by atoms with Crippen LogP contribution in [0, 0.1) is 11.8 Å². The number of methoxy groups -OCH3 is 1. The van der Waals surface area contributed by atoms with Crippen LogP contribution < -0.4 is 10.1 Å². The lowest BCUT2D eigenvalue weighted by molar-refractivity contribution is 0.209. The Morgan fingerprint density at radius 3 is 2.86 bits per heavy atom. The van der Waals surface area contributed by atoms with E-state index in [2.05, 4.69) is 37.4 Å². The van der Waals surface area contributed by atoms with E-state index in [1.807, 2.05) is 6.07 Å². The van der Waals surface area contributed by atoms with Crippen LogP contribution in [0.4, 0.5) is 0 Å². The molecule has 21 heavy (non-hydrogen) atoms. The Hall–Kier alpha value is -1.02. The highest BCUT2D eigenvalue weighted by molar-refractivity contribution is 5.31. The first-order chi connectivity index (χ1) is 10.3. The van der Waals surface area contributed by atoms with Crippen LogP contribution in [0.3, 0.4) is 0 Å². The van der Waals surface area contributed by atoms with Crippen molar-refractivity contribution in [1.29, 1.82) is 0 Å². The van der Waals surface area contributed by atoms with Gasteiger partial charge in [-0.05, 0) is 55.3 Å². The van der Waals surface area contributed by atoms with Crippen LogP contribution in [0.1, 0.15) is 64.0 Å². The summed E-state index contributed by atoms with van der Waals surface area (Å²) in [5.74, 6) is 2.65. The van der Waals surface area contributed by atoms with Crippen molar-refractivity contribution in [3.63, 3.8) is 0 Å². The molecule has 1 aromatic carbocycles. The predicted octanol–water partition coefficient (Wildman–Crippen LogP) is 4.95. The van der Waals surface area contributed by atoms with E-state index in [1.165, 1.54) is 44.1 Å². The smallest absolute Gasteiger partial charge is 0.119 e. The third-order valence-corrected chi connectivity index (χ3v) is 4.94. The summed E-state index contributed by atoms with van der Waals surface area (Å²) in [7, 11) is 1.75. The molecule has 1 aliphatic rings. The summed E-state index contributed by atoms with van der Waals surface area (Å²) in [6, 6.07) is 9.11. The molecule has 0 aliphatic heterocycles. The van der Waals surface area contributed by atoms with E-state index in [4.69, 9.17) is 4.74 Å². The third kappa shape index (κ3) is 4.47. The van der Waals surface area contributed by atoms with Gasteiger partial charge in [0.05, 0.1) is 7.11 Å². The molecule has 1 aromatic rings. The van der Waals surface area contributed by atoms with Gasteiger partial charge in [0, 0.05) is 6.04 Å². The van der Waals surface area contributed by atoms with Crippen molar-refractivity contribution in [3.05, 3.63) is 29.8 Å². The average molecular weight is 289 g/mol. The molecule has 0 aromatic heterocycles. The summed E-state index contributed by atoms with van der Waals surface area (Å²) in [5.41, 5.74) is 1.39. The molecule has 2 nitrogen and oxygen atoms in total. The molecular formula is C19H31NO. The lowest BCUT2D eigenvalue weighted by Gasteiger charge is -2.35. The van der Waals surface area contributed by atoms with Crippen molar-refractivity contribution in [2.45, 2.75) is 58.4 Å². The summed E-state index contributed by atoms with van der Waals surface area (Å²) in [6.45, 7) is 5.67. The first kappa shape index (κ1) is 16.4. The second-order valence-electron chi connectivity index (χ2n) is 6.41. The van der Waals surface area contributed by atoms with Crippen LogP contribution in [0.2, 0.25) is 0 Å². The van der Waals surface area contributed by atoms with Gasteiger partial charge in [-0.1, -0.05) is 45.2 Å². The number of nitrogens with one attached hydrogen (secondary N) is 1. The Bertz CT molecular complexity index is 418. The quantitative estimate of drug-likeness (QED) is 0.766. The van der Waals surface area contributed by atoms with E-state index in [0.29, 0.717) is 6.04 Å². The largest absolute Gasteiger partial charge is 0.497 e. The highest BCUT2D eigenvalue weighted by Gasteiger charge is 2.28. The third-order valence-electron chi connectivity index (χ3n) is 4.94. The summed E-state index contributed by atoms with van der Waals surface area (Å²) in [4.78, 5) is 0. The van der Waals surface area contributed by atoms with Gasteiger partial charge in [-0.25, -0.2) is 0 Å². The monoisotopic (exact) mass is 289 g/mol. The molecule has 1 fully saturated rings. The highest BCUT2D eigenvalue weighted by atomic mass is 16.5. The summed E-state index contributed by atoms with van der Waals surface area (Å²) < 4.78 is 5.41. The molecule has 1 aliphatic carbocycles. The van der Waals surface area contributed by atoms with Gasteiger partial charge in [-0.2, -0.15) is 0 Å². The molecule has 0 radical (unpaired) electrons. The molecule has 3 atom stereocenters. The topological polar surface area (TPSA) is 21.3 Å². The van der Waals surface area contributed by atoms with E-state index < -0.39 is 0 Å². The maximum Gasteiger partial charge on any atom is 0.119 e. The number of ether oxygens (including phenoxy) is 1. The van der Waals surface area contributed by atoms with E-state index >= 15 is 0 Å². The van der Waals surface area contributed by atoms with Crippen LogP contribution in [0.15, 0.2) is 24.3 Å². The van der Waals surface area contributed by atoms with Crippen LogP contribution in [-0.2, 0) is 0 Å². The van der Waals surface area contributed by atoms with Crippen molar-refractivity contribution in [2.24, 2.45) is 11.8 Å². The fraction of sp³-hybridized carbons (Fsp3) is 0.684. The predicted molar refractivity (Wildman–Crippen MR) is 89.8 cm³/mol. The van der Waals surface area contributed by atoms with Crippen LogP contribution >= 0.6 is 0 Å². The molecule has 3 unspecified atom stereocenters. The fourth-order valence-electron chi connectivity index (χ4n) is 3.70. The molecule has 1 saturated carbocycles. The molecule has 0 heterocycles. The van der Waals surface area contributed by atoms with E-state index in [0.717, 1.165) is 24.1 Å². The van der Waals surface area contributed by atoms with Gasteiger partial charge < -0.3 is 10.1 Å². The Labute approximate surface area is 130 Å². The van der Waals surface area contributed by atoms with Gasteiger partial charge in [0.25, 0.3) is 0 Å². The Balaban J connectivity index is 2.16. The molecule has 0 bridgehead atoms. The molecule has 0 saturated heterocycles. The van der Waals surface area contributed by atoms with E-state index in [1.54, 1.807) is 7.11 Å². The summed E-state index contributed by atoms with van der Waals surface area (Å²) in [6.07, 6.45) is 8.05. The highest BCUT2D eigenvalue weighted by Crippen LogP contribution is 2.39. The van der Waals surface area contributed by atoms with Crippen LogP contribution in [0.25, 0.3) is 0 Å². The number of benzene rings is 1. The molecule has 2 heteroatoms. The maximum atomic E-state index is 5.41. The van der Waals surface area contributed by atoms with Crippen molar-refractivity contribution < 1.29 is 4.74 Å². The lowest BCUT2D eigenvalue weighted by atomic mass is 9.75. The Kier molecular flexibility index (Phi) is 6.56. The first-order valence-electron chi connectivity index (χ1n) is 8.65. The molecule has 0 amide bonds. The van der Waals surface area contributed by atoms with Crippen molar-refractivity contribution in [2.75, 3.05) is 13.7 Å². The maximum absolute atomic E-state index is 5.41. The zero-order chi connectivity index (χ0) is 15.1. The lowest BCUT2D eigenvalue weighted by Crippen LogP contribution is -2.32. The second-order valence-corrected chi connectivity index (χ2v) is 6.41. The van der Waals surface area contributed by atoms with Crippen molar-refractivity contribution in [3.8, 4) is 5.75 Å².